The van der Waals surface area contributed by atoms with E-state index in [1.54, 1.807) is 17.5 Å². The molecule has 1 atom stereocenters. The summed E-state index contributed by atoms with van der Waals surface area (Å²) in [6, 6.07) is 0.464. The predicted octanol–water partition coefficient (Wildman–Crippen LogP) is 0.736. The molecule has 1 aliphatic heterocycles. The van der Waals surface area contributed by atoms with Gasteiger partial charge in [0, 0.05) is 17.6 Å². The summed E-state index contributed by atoms with van der Waals surface area (Å²) in [5.41, 5.74) is 0. The van der Waals surface area contributed by atoms with Crippen LogP contribution in [0.4, 0.5) is 0 Å². The number of hydrogen-bond donors (Lipinski definition) is 1. The van der Waals surface area contributed by atoms with E-state index in [2.05, 4.69) is 10.3 Å². The van der Waals surface area contributed by atoms with E-state index < -0.39 is 0 Å². The van der Waals surface area contributed by atoms with Crippen LogP contribution in [-0.4, -0.2) is 28.4 Å². The van der Waals surface area contributed by atoms with Crippen LogP contribution in [-0.2, 0) is 4.79 Å². The maximum absolute atomic E-state index is 11.6. The first kappa shape index (κ1) is 8.38. The van der Waals surface area contributed by atoms with Gasteiger partial charge in [-0.3, -0.25) is 10.1 Å². The molecule has 1 unspecified atom stereocenters. The van der Waals surface area contributed by atoms with Gasteiger partial charge in [-0.2, -0.15) is 0 Å². The average molecular weight is 209 g/mol. The fraction of sp³-hybridized carbons (Fsp3) is 0.556. The lowest BCUT2D eigenvalue weighted by Crippen LogP contribution is -2.32. The molecule has 5 heteroatoms. The van der Waals surface area contributed by atoms with Crippen molar-refractivity contribution >= 4 is 17.2 Å². The first-order valence-electron chi connectivity index (χ1n) is 4.80. The van der Waals surface area contributed by atoms with E-state index in [1.165, 1.54) is 0 Å². The first-order chi connectivity index (χ1) is 6.86. The van der Waals surface area contributed by atoms with Crippen LogP contribution in [0, 0.1) is 0 Å². The van der Waals surface area contributed by atoms with Crippen molar-refractivity contribution in [2.45, 2.75) is 25.0 Å². The van der Waals surface area contributed by atoms with Crippen LogP contribution in [0.3, 0.4) is 0 Å². The second-order valence-corrected chi connectivity index (χ2v) is 4.61. The maximum Gasteiger partial charge on any atom is 0.238 e. The monoisotopic (exact) mass is 209 g/mol. The third-order valence-electron chi connectivity index (χ3n) is 2.64. The summed E-state index contributed by atoms with van der Waals surface area (Å²) in [5, 5.41) is 6.16. The van der Waals surface area contributed by atoms with Gasteiger partial charge in [0.05, 0.1) is 6.54 Å². The molecule has 0 bridgehead atoms. The highest BCUT2D eigenvalue weighted by Crippen LogP contribution is 2.35. The molecule has 1 saturated heterocycles. The summed E-state index contributed by atoms with van der Waals surface area (Å²) in [6.45, 7) is 0.459. The second-order valence-electron chi connectivity index (χ2n) is 3.69. The van der Waals surface area contributed by atoms with Crippen LogP contribution in [0.1, 0.15) is 24.0 Å². The quantitative estimate of drug-likeness (QED) is 0.781. The molecule has 1 saturated carbocycles. The zero-order valence-corrected chi connectivity index (χ0v) is 8.46. The van der Waals surface area contributed by atoms with Gasteiger partial charge in [0.15, 0.2) is 0 Å². The van der Waals surface area contributed by atoms with Gasteiger partial charge in [-0.05, 0) is 12.8 Å². The van der Waals surface area contributed by atoms with Crippen LogP contribution in [0.25, 0.3) is 0 Å². The predicted molar refractivity (Wildman–Crippen MR) is 52.7 cm³/mol. The standard InChI is InChI=1S/C9H11N3OS/c13-7-5-11-8(9-10-3-4-14-9)12(7)6-1-2-6/h3-4,6,8,11H,1-2,5H2. The Hall–Kier alpha value is -0.940. The molecule has 1 N–H and O–H groups in total. The molecule has 2 heterocycles. The number of aromatic nitrogens is 1. The number of nitrogens with zero attached hydrogens (tertiary/aromatic N) is 2. The highest BCUT2D eigenvalue weighted by molar-refractivity contribution is 7.09. The lowest BCUT2D eigenvalue weighted by atomic mass is 10.4. The molecule has 3 rings (SSSR count). The van der Waals surface area contributed by atoms with Crippen molar-refractivity contribution in [1.29, 1.82) is 0 Å². The Balaban J connectivity index is 1.88. The normalized spacial score (nSPS) is 27.3. The molecule has 0 aromatic carbocycles. The lowest BCUT2D eigenvalue weighted by Gasteiger charge is -2.21. The molecule has 1 aromatic rings. The fourth-order valence-corrected chi connectivity index (χ4v) is 2.57. The van der Waals surface area contributed by atoms with Crippen molar-refractivity contribution in [2.75, 3.05) is 6.54 Å². The molecular weight excluding hydrogens is 198 g/mol. The molecule has 0 radical (unpaired) electrons. The van der Waals surface area contributed by atoms with Gasteiger partial charge in [-0.25, -0.2) is 4.98 Å². The minimum absolute atomic E-state index is 0.0370. The van der Waals surface area contributed by atoms with Crippen LogP contribution in [0.5, 0.6) is 0 Å². The third-order valence-corrected chi connectivity index (χ3v) is 3.47. The maximum atomic E-state index is 11.6. The van der Waals surface area contributed by atoms with Crippen molar-refractivity contribution < 1.29 is 4.79 Å². The minimum Gasteiger partial charge on any atom is -0.316 e. The van der Waals surface area contributed by atoms with E-state index >= 15 is 0 Å². The van der Waals surface area contributed by atoms with Gasteiger partial charge in [0.1, 0.15) is 11.2 Å². The molecule has 14 heavy (non-hydrogen) atoms. The molecule has 2 fully saturated rings. The van der Waals surface area contributed by atoms with Crippen molar-refractivity contribution in [3.63, 3.8) is 0 Å². The molecule has 1 aromatic heterocycles. The average Bonchev–Trinajstić information content (AvgIpc) is 2.75. The molecule has 1 amide bonds. The van der Waals surface area contributed by atoms with E-state index in [4.69, 9.17) is 0 Å². The van der Waals surface area contributed by atoms with E-state index in [1.807, 2.05) is 10.3 Å². The summed E-state index contributed by atoms with van der Waals surface area (Å²) >= 11 is 1.60. The molecular formula is C9H11N3OS. The zero-order chi connectivity index (χ0) is 9.54. The van der Waals surface area contributed by atoms with Gasteiger partial charge in [0.25, 0.3) is 0 Å². The number of carbonyl (C=O) groups excluding carboxylic acids is 1. The topological polar surface area (TPSA) is 45.2 Å². The second kappa shape index (κ2) is 3.03. The Bertz CT molecular complexity index is 347. The molecule has 2 aliphatic rings. The smallest absolute Gasteiger partial charge is 0.238 e. The summed E-state index contributed by atoms with van der Waals surface area (Å²) in [5.74, 6) is 0.215. The van der Waals surface area contributed by atoms with Gasteiger partial charge in [-0.15, -0.1) is 11.3 Å². The van der Waals surface area contributed by atoms with Crippen molar-refractivity contribution in [3.05, 3.63) is 16.6 Å². The number of rotatable bonds is 2. The Morgan fingerprint density at radius 3 is 3.07 bits per heavy atom. The Labute approximate surface area is 85.9 Å². The SMILES string of the molecule is O=C1CNC(c2nccs2)N1C1CC1. The number of amides is 1. The number of hydrogen-bond acceptors (Lipinski definition) is 4. The third kappa shape index (κ3) is 1.24. The molecule has 0 spiro atoms. The summed E-state index contributed by atoms with van der Waals surface area (Å²) in [6.07, 6.45) is 4.12. The van der Waals surface area contributed by atoms with Crippen LogP contribution in [0.2, 0.25) is 0 Å². The van der Waals surface area contributed by atoms with Crippen molar-refractivity contribution in [1.82, 2.24) is 15.2 Å². The Morgan fingerprint density at radius 1 is 1.57 bits per heavy atom. The first-order valence-corrected chi connectivity index (χ1v) is 5.68. The van der Waals surface area contributed by atoms with Crippen LogP contribution in [0.15, 0.2) is 11.6 Å². The van der Waals surface area contributed by atoms with Crippen LogP contribution >= 0.6 is 11.3 Å². The molecule has 4 nitrogen and oxygen atoms in total. The number of nitrogens with one attached hydrogen (secondary N) is 1. The number of carbonyl (C=O) groups is 1. The van der Waals surface area contributed by atoms with E-state index in [0.717, 1.165) is 17.8 Å². The van der Waals surface area contributed by atoms with Gasteiger partial charge < -0.3 is 4.90 Å². The van der Waals surface area contributed by atoms with E-state index in [9.17, 15) is 4.79 Å². The number of thiazole rings is 1. The van der Waals surface area contributed by atoms with Crippen molar-refractivity contribution in [3.8, 4) is 0 Å². The van der Waals surface area contributed by atoms with Gasteiger partial charge >= 0.3 is 0 Å². The minimum atomic E-state index is 0.0370. The Morgan fingerprint density at radius 2 is 2.43 bits per heavy atom. The summed E-state index contributed by atoms with van der Waals surface area (Å²) < 4.78 is 0. The van der Waals surface area contributed by atoms with E-state index in [-0.39, 0.29) is 12.1 Å². The van der Waals surface area contributed by atoms with Crippen molar-refractivity contribution in [2.24, 2.45) is 0 Å². The van der Waals surface area contributed by atoms with Crippen LogP contribution < -0.4 is 5.32 Å². The summed E-state index contributed by atoms with van der Waals surface area (Å²) in [7, 11) is 0. The molecule has 74 valence electrons. The van der Waals surface area contributed by atoms with Gasteiger partial charge in [-0.1, -0.05) is 0 Å². The highest BCUT2D eigenvalue weighted by atomic mass is 32.1. The van der Waals surface area contributed by atoms with E-state index in [0.29, 0.717) is 12.6 Å². The van der Waals surface area contributed by atoms with Gasteiger partial charge in [0.2, 0.25) is 5.91 Å². The highest BCUT2D eigenvalue weighted by Gasteiger charge is 2.42. The molecule has 1 aliphatic carbocycles. The zero-order valence-electron chi connectivity index (χ0n) is 7.64. The lowest BCUT2D eigenvalue weighted by molar-refractivity contribution is -0.128. The Kier molecular flexibility index (Phi) is 1.81. The summed E-state index contributed by atoms with van der Waals surface area (Å²) in [4.78, 5) is 17.8. The largest absolute Gasteiger partial charge is 0.316 e. The fourth-order valence-electron chi connectivity index (χ4n) is 1.86.